The maximum absolute atomic E-state index is 12.2. The Hall–Kier alpha value is -2.30. The van der Waals surface area contributed by atoms with Crippen LogP contribution in [0.5, 0.6) is 0 Å². The van der Waals surface area contributed by atoms with Gasteiger partial charge in [-0.25, -0.2) is 0 Å². The van der Waals surface area contributed by atoms with Gasteiger partial charge in [-0.05, 0) is 50.5 Å². The molecule has 1 amide bonds. The number of rotatable bonds is 4. The van der Waals surface area contributed by atoms with Gasteiger partial charge in [-0.1, -0.05) is 12.1 Å². The molecular weight excluding hydrogens is 276 g/mol. The van der Waals surface area contributed by atoms with Gasteiger partial charge in [0.25, 0.3) is 5.91 Å². The number of anilines is 1. The molecule has 5 nitrogen and oxygen atoms in total. The molecule has 0 saturated carbocycles. The maximum atomic E-state index is 12.2. The molecule has 22 heavy (non-hydrogen) atoms. The van der Waals surface area contributed by atoms with Crippen LogP contribution in [0.3, 0.4) is 0 Å². The second-order valence-electron chi connectivity index (χ2n) is 5.92. The maximum Gasteiger partial charge on any atom is 0.272 e. The molecule has 2 N–H and O–H groups in total. The van der Waals surface area contributed by atoms with Crippen LogP contribution in [-0.2, 0) is 0 Å². The molecule has 0 bridgehead atoms. The highest BCUT2D eigenvalue weighted by Gasteiger charge is 2.16. The van der Waals surface area contributed by atoms with Gasteiger partial charge < -0.3 is 10.2 Å². The molecule has 1 aromatic carbocycles. The van der Waals surface area contributed by atoms with E-state index in [1.807, 2.05) is 13.8 Å². The van der Waals surface area contributed by atoms with Gasteiger partial charge in [-0.15, -0.1) is 0 Å². The first-order valence-electron chi connectivity index (χ1n) is 7.81. The number of hydrogen-bond acceptors (Lipinski definition) is 3. The number of aromatic amines is 1. The molecule has 2 aromatic rings. The molecule has 116 valence electrons. The number of aromatic nitrogens is 2. The van der Waals surface area contributed by atoms with Crippen molar-refractivity contribution in [3.05, 3.63) is 47.3 Å². The molecule has 1 aliphatic rings. The number of carbonyl (C=O) groups is 1. The fourth-order valence-electron chi connectivity index (χ4n) is 2.85. The molecule has 1 atom stereocenters. The Morgan fingerprint density at radius 2 is 2.09 bits per heavy atom. The van der Waals surface area contributed by atoms with E-state index in [2.05, 4.69) is 44.7 Å². The number of H-pyrrole nitrogens is 1. The second kappa shape index (κ2) is 6.22. The Balaban J connectivity index is 1.70. The van der Waals surface area contributed by atoms with Crippen molar-refractivity contribution in [3.63, 3.8) is 0 Å². The van der Waals surface area contributed by atoms with Crippen molar-refractivity contribution in [1.29, 1.82) is 0 Å². The topological polar surface area (TPSA) is 61.0 Å². The molecule has 0 spiro atoms. The summed E-state index contributed by atoms with van der Waals surface area (Å²) >= 11 is 0. The van der Waals surface area contributed by atoms with Gasteiger partial charge >= 0.3 is 0 Å². The average molecular weight is 298 g/mol. The number of benzene rings is 1. The Labute approximate surface area is 130 Å². The summed E-state index contributed by atoms with van der Waals surface area (Å²) in [6.45, 7) is 6.13. The zero-order chi connectivity index (χ0) is 15.5. The van der Waals surface area contributed by atoms with E-state index in [0.717, 1.165) is 24.3 Å². The smallest absolute Gasteiger partial charge is 0.272 e. The first-order chi connectivity index (χ1) is 10.6. The average Bonchev–Trinajstić information content (AvgIpc) is 3.18. The fourth-order valence-corrected chi connectivity index (χ4v) is 2.85. The quantitative estimate of drug-likeness (QED) is 0.912. The molecule has 0 aliphatic carbocycles. The van der Waals surface area contributed by atoms with Crippen LogP contribution in [0, 0.1) is 6.92 Å². The lowest BCUT2D eigenvalue weighted by Crippen LogP contribution is -2.27. The third kappa shape index (κ3) is 3.13. The SMILES string of the molecule is Cc1cc(C(=O)N[C@H](C)c2cccc(N3CCCC3)c2)n[nH]1. The van der Waals surface area contributed by atoms with E-state index < -0.39 is 0 Å². The molecule has 0 radical (unpaired) electrons. The van der Waals surface area contributed by atoms with Gasteiger partial charge in [0, 0.05) is 24.5 Å². The molecule has 3 rings (SSSR count). The lowest BCUT2D eigenvalue weighted by atomic mass is 10.1. The third-order valence-corrected chi connectivity index (χ3v) is 4.13. The summed E-state index contributed by atoms with van der Waals surface area (Å²) in [6, 6.07) is 10.1. The summed E-state index contributed by atoms with van der Waals surface area (Å²) in [4.78, 5) is 14.6. The lowest BCUT2D eigenvalue weighted by molar-refractivity contribution is 0.0935. The van der Waals surface area contributed by atoms with Gasteiger partial charge in [0.05, 0.1) is 6.04 Å². The minimum atomic E-state index is -0.150. The summed E-state index contributed by atoms with van der Waals surface area (Å²) in [6.07, 6.45) is 2.52. The molecule has 1 aromatic heterocycles. The van der Waals surface area contributed by atoms with Crippen LogP contribution >= 0.6 is 0 Å². The highest BCUT2D eigenvalue weighted by atomic mass is 16.2. The van der Waals surface area contributed by atoms with Crippen molar-refractivity contribution in [2.45, 2.75) is 32.7 Å². The van der Waals surface area contributed by atoms with Crippen molar-refractivity contribution in [2.75, 3.05) is 18.0 Å². The normalized spacial score (nSPS) is 15.8. The lowest BCUT2D eigenvalue weighted by Gasteiger charge is -2.20. The highest BCUT2D eigenvalue weighted by Crippen LogP contribution is 2.24. The van der Waals surface area contributed by atoms with Crippen LogP contribution in [0.1, 0.15) is 47.6 Å². The summed E-state index contributed by atoms with van der Waals surface area (Å²) in [5.41, 5.74) is 3.67. The minimum absolute atomic E-state index is 0.0490. The van der Waals surface area contributed by atoms with Crippen molar-refractivity contribution in [2.24, 2.45) is 0 Å². The Morgan fingerprint density at radius 3 is 2.77 bits per heavy atom. The van der Waals surface area contributed by atoms with Gasteiger partial charge in [0.1, 0.15) is 5.69 Å². The van der Waals surface area contributed by atoms with Crippen LogP contribution in [0.25, 0.3) is 0 Å². The second-order valence-corrected chi connectivity index (χ2v) is 5.92. The third-order valence-electron chi connectivity index (χ3n) is 4.13. The predicted molar refractivity (Wildman–Crippen MR) is 87.1 cm³/mol. The van der Waals surface area contributed by atoms with Gasteiger partial charge in [-0.3, -0.25) is 9.89 Å². The van der Waals surface area contributed by atoms with Gasteiger partial charge in [-0.2, -0.15) is 5.10 Å². The van der Waals surface area contributed by atoms with Crippen molar-refractivity contribution >= 4 is 11.6 Å². The molecule has 1 fully saturated rings. The van der Waals surface area contributed by atoms with Crippen LogP contribution in [0.15, 0.2) is 30.3 Å². The van der Waals surface area contributed by atoms with Crippen molar-refractivity contribution in [1.82, 2.24) is 15.5 Å². The van der Waals surface area contributed by atoms with E-state index in [0.29, 0.717) is 5.69 Å². The monoisotopic (exact) mass is 298 g/mol. The Morgan fingerprint density at radius 1 is 1.32 bits per heavy atom. The number of nitrogens with zero attached hydrogens (tertiary/aromatic N) is 2. The first-order valence-corrected chi connectivity index (χ1v) is 7.81. The summed E-state index contributed by atoms with van der Waals surface area (Å²) in [5, 5.41) is 9.79. The standard InChI is InChI=1S/C17H22N4O/c1-12-10-16(20-19-12)17(22)18-13(2)14-6-5-7-15(11-14)21-8-3-4-9-21/h5-7,10-11,13H,3-4,8-9H2,1-2H3,(H,18,22)(H,19,20)/t13-/m1/s1. The fraction of sp³-hybridized carbons (Fsp3) is 0.412. The highest BCUT2D eigenvalue weighted by molar-refractivity contribution is 5.92. The van der Waals surface area contributed by atoms with Crippen LogP contribution in [0.4, 0.5) is 5.69 Å². The summed E-state index contributed by atoms with van der Waals surface area (Å²) < 4.78 is 0. The van der Waals surface area contributed by atoms with E-state index in [-0.39, 0.29) is 11.9 Å². The Bertz CT molecular complexity index is 658. The first kappa shape index (κ1) is 14.6. The van der Waals surface area contributed by atoms with E-state index in [1.54, 1.807) is 6.07 Å². The minimum Gasteiger partial charge on any atom is -0.372 e. The summed E-state index contributed by atoms with van der Waals surface area (Å²) in [5.74, 6) is -0.150. The molecular formula is C17H22N4O. The number of carbonyl (C=O) groups excluding carboxylic acids is 1. The van der Waals surface area contributed by atoms with Crippen LogP contribution < -0.4 is 10.2 Å². The van der Waals surface area contributed by atoms with Crippen LogP contribution in [0.2, 0.25) is 0 Å². The number of nitrogens with one attached hydrogen (secondary N) is 2. The zero-order valence-corrected chi connectivity index (χ0v) is 13.1. The van der Waals surface area contributed by atoms with Gasteiger partial charge in [0.2, 0.25) is 0 Å². The zero-order valence-electron chi connectivity index (χ0n) is 13.1. The molecule has 2 heterocycles. The van der Waals surface area contributed by atoms with Crippen molar-refractivity contribution in [3.8, 4) is 0 Å². The molecule has 0 unspecified atom stereocenters. The van der Waals surface area contributed by atoms with E-state index >= 15 is 0 Å². The molecule has 1 saturated heterocycles. The number of aryl methyl sites for hydroxylation is 1. The molecule has 5 heteroatoms. The largest absolute Gasteiger partial charge is 0.372 e. The van der Waals surface area contributed by atoms with Crippen molar-refractivity contribution < 1.29 is 4.79 Å². The van der Waals surface area contributed by atoms with E-state index in [9.17, 15) is 4.79 Å². The Kier molecular flexibility index (Phi) is 4.13. The molecule has 1 aliphatic heterocycles. The predicted octanol–water partition coefficient (Wildman–Crippen LogP) is 2.81. The van der Waals surface area contributed by atoms with E-state index in [4.69, 9.17) is 0 Å². The van der Waals surface area contributed by atoms with Crippen LogP contribution in [-0.4, -0.2) is 29.2 Å². The number of amides is 1. The summed E-state index contributed by atoms with van der Waals surface area (Å²) in [7, 11) is 0. The van der Waals surface area contributed by atoms with E-state index in [1.165, 1.54) is 18.5 Å². The van der Waals surface area contributed by atoms with Gasteiger partial charge in [0.15, 0.2) is 0 Å². The number of hydrogen-bond donors (Lipinski definition) is 2.